The van der Waals surface area contributed by atoms with Crippen LogP contribution in [0.3, 0.4) is 0 Å². The highest BCUT2D eigenvalue weighted by Crippen LogP contribution is 2.44. The van der Waals surface area contributed by atoms with E-state index in [1.165, 1.54) is 33.3 Å². The van der Waals surface area contributed by atoms with Gasteiger partial charge in [0.15, 0.2) is 0 Å². The van der Waals surface area contributed by atoms with E-state index in [4.69, 9.17) is 4.98 Å². The molecular weight excluding hydrogens is 741 g/mol. The molecule has 3 heterocycles. The molecule has 4 heteroatoms. The average molecular weight is 781 g/mol. The molecule has 61 heavy (non-hydrogen) atoms. The molecule has 8 aromatic carbocycles. The largest absolute Gasteiger partial charge is 0.310 e. The van der Waals surface area contributed by atoms with Gasteiger partial charge in [-0.1, -0.05) is 170 Å². The molecule has 0 spiro atoms. The Kier molecular flexibility index (Phi) is 9.14. The highest BCUT2D eigenvalue weighted by atomic mass is 15.1. The van der Waals surface area contributed by atoms with Crippen molar-refractivity contribution in [3.05, 3.63) is 243 Å². The molecule has 0 atom stereocenters. The van der Waals surface area contributed by atoms with Crippen molar-refractivity contribution in [3.8, 4) is 61.7 Å². The third-order valence-electron chi connectivity index (χ3n) is 11.5. The molecular formula is C57H40N4. The van der Waals surface area contributed by atoms with Gasteiger partial charge in [-0.15, -0.1) is 0 Å². The van der Waals surface area contributed by atoms with E-state index in [0.717, 1.165) is 62.0 Å². The van der Waals surface area contributed by atoms with Crippen LogP contribution in [0, 0.1) is 0 Å². The molecule has 0 aliphatic carbocycles. The number of benzene rings is 8. The standard InChI is InChI=1S/C57H40N4/c1-5-18-43(19-6-1)54-51-28-13-14-29-52(51)61(56(54)45-22-9-3-10-23-45)49-37-33-42(34-38-49)41-31-35-48(36-32-41)60(47-25-11-4-12-26-47)50-27-17-24-46(40-50)57-55(44-20-7-2-8-21-44)58-53-30-15-16-39-59(53)57/h1-40H. The van der Waals surface area contributed by atoms with Gasteiger partial charge in [-0.25, -0.2) is 4.98 Å². The first kappa shape index (κ1) is 35.9. The zero-order valence-electron chi connectivity index (χ0n) is 33.4. The Morgan fingerprint density at radius 1 is 0.361 bits per heavy atom. The first-order chi connectivity index (χ1) is 30.3. The van der Waals surface area contributed by atoms with Gasteiger partial charge >= 0.3 is 0 Å². The molecule has 0 fully saturated rings. The molecule has 0 bridgehead atoms. The van der Waals surface area contributed by atoms with Gasteiger partial charge in [-0.2, -0.15) is 0 Å². The summed E-state index contributed by atoms with van der Waals surface area (Å²) < 4.78 is 4.61. The van der Waals surface area contributed by atoms with E-state index < -0.39 is 0 Å². The number of nitrogens with zero attached hydrogens (tertiary/aromatic N) is 4. The van der Waals surface area contributed by atoms with Crippen LogP contribution in [0.15, 0.2) is 243 Å². The van der Waals surface area contributed by atoms with Crippen LogP contribution in [0.25, 0.3) is 78.3 Å². The van der Waals surface area contributed by atoms with Gasteiger partial charge in [0.05, 0.1) is 22.6 Å². The van der Waals surface area contributed by atoms with E-state index in [9.17, 15) is 0 Å². The molecule has 0 saturated heterocycles. The quantitative estimate of drug-likeness (QED) is 0.146. The molecule has 0 saturated carbocycles. The van der Waals surface area contributed by atoms with Gasteiger partial charge in [0.25, 0.3) is 0 Å². The zero-order valence-corrected chi connectivity index (χ0v) is 33.4. The van der Waals surface area contributed by atoms with Crippen LogP contribution in [0.1, 0.15) is 0 Å². The van der Waals surface area contributed by atoms with Crippen molar-refractivity contribution in [1.29, 1.82) is 0 Å². The predicted molar refractivity (Wildman–Crippen MR) is 254 cm³/mol. The number of anilines is 3. The molecule has 0 unspecified atom stereocenters. The van der Waals surface area contributed by atoms with Gasteiger partial charge in [0, 0.05) is 51.0 Å². The zero-order chi connectivity index (χ0) is 40.5. The lowest BCUT2D eigenvalue weighted by atomic mass is 9.98. The van der Waals surface area contributed by atoms with Crippen molar-refractivity contribution in [2.45, 2.75) is 0 Å². The normalized spacial score (nSPS) is 11.3. The van der Waals surface area contributed by atoms with E-state index in [2.05, 4.69) is 245 Å². The Morgan fingerprint density at radius 3 is 1.61 bits per heavy atom. The molecule has 288 valence electrons. The van der Waals surface area contributed by atoms with Gasteiger partial charge in [0.1, 0.15) is 5.65 Å². The summed E-state index contributed by atoms with van der Waals surface area (Å²) in [6.45, 7) is 0. The molecule has 0 amide bonds. The second-order valence-electron chi connectivity index (χ2n) is 15.2. The predicted octanol–water partition coefficient (Wildman–Crippen LogP) is 15.1. The maximum absolute atomic E-state index is 5.10. The molecule has 11 aromatic rings. The summed E-state index contributed by atoms with van der Waals surface area (Å²) in [6.07, 6.45) is 2.10. The summed E-state index contributed by atoms with van der Waals surface area (Å²) in [5, 5.41) is 1.23. The number of pyridine rings is 1. The number of hydrogen-bond acceptors (Lipinski definition) is 2. The van der Waals surface area contributed by atoms with Crippen LogP contribution in [0.4, 0.5) is 17.1 Å². The molecule has 0 aliphatic rings. The fraction of sp³-hybridized carbons (Fsp3) is 0. The summed E-state index contributed by atoms with van der Waals surface area (Å²) in [5.74, 6) is 0. The molecule has 0 N–H and O–H groups in total. The lowest BCUT2D eigenvalue weighted by Crippen LogP contribution is -2.10. The number of para-hydroxylation sites is 2. The monoisotopic (exact) mass is 780 g/mol. The van der Waals surface area contributed by atoms with Crippen LogP contribution >= 0.6 is 0 Å². The summed E-state index contributed by atoms with van der Waals surface area (Å²) in [4.78, 5) is 7.43. The van der Waals surface area contributed by atoms with Crippen molar-refractivity contribution in [2.24, 2.45) is 0 Å². The van der Waals surface area contributed by atoms with Gasteiger partial charge < -0.3 is 9.47 Å². The first-order valence-corrected chi connectivity index (χ1v) is 20.7. The maximum atomic E-state index is 5.10. The minimum Gasteiger partial charge on any atom is -0.310 e. The second kappa shape index (κ2) is 15.5. The number of aromatic nitrogens is 3. The van der Waals surface area contributed by atoms with Crippen LogP contribution in [0.5, 0.6) is 0 Å². The highest BCUT2D eigenvalue weighted by Gasteiger charge is 2.22. The number of imidazole rings is 1. The van der Waals surface area contributed by atoms with Crippen LogP contribution in [-0.2, 0) is 0 Å². The SMILES string of the molecule is c1ccc(-c2nc3ccccn3c2-c2cccc(N(c3ccccc3)c3ccc(-c4ccc(-n5c(-c6ccccc6)c(-c6ccccc6)c6ccccc65)cc4)cc3)c2)cc1. The minimum atomic E-state index is 0.917. The summed E-state index contributed by atoms with van der Waals surface area (Å²) in [6, 6.07) is 84.2. The Hall–Kier alpha value is -8.21. The lowest BCUT2D eigenvalue weighted by molar-refractivity contribution is 1.14. The number of hydrogen-bond donors (Lipinski definition) is 0. The Balaban J connectivity index is 0.971. The number of rotatable bonds is 9. The van der Waals surface area contributed by atoms with Gasteiger partial charge in [0.2, 0.25) is 0 Å². The molecule has 0 aliphatic heterocycles. The van der Waals surface area contributed by atoms with Crippen LogP contribution < -0.4 is 4.90 Å². The first-order valence-electron chi connectivity index (χ1n) is 20.7. The van der Waals surface area contributed by atoms with Crippen LogP contribution in [-0.4, -0.2) is 14.0 Å². The summed E-state index contributed by atoms with van der Waals surface area (Å²) >= 11 is 0. The molecule has 3 aromatic heterocycles. The summed E-state index contributed by atoms with van der Waals surface area (Å²) in [7, 11) is 0. The fourth-order valence-corrected chi connectivity index (χ4v) is 8.77. The van der Waals surface area contributed by atoms with Gasteiger partial charge in [-0.05, 0) is 89.0 Å². The molecule has 0 radical (unpaired) electrons. The minimum absolute atomic E-state index is 0.917. The maximum Gasteiger partial charge on any atom is 0.137 e. The molecule has 4 nitrogen and oxygen atoms in total. The smallest absolute Gasteiger partial charge is 0.137 e. The third-order valence-corrected chi connectivity index (χ3v) is 11.5. The van der Waals surface area contributed by atoms with Crippen molar-refractivity contribution < 1.29 is 0 Å². The highest BCUT2D eigenvalue weighted by molar-refractivity contribution is 6.05. The van der Waals surface area contributed by atoms with Gasteiger partial charge in [-0.3, -0.25) is 4.40 Å². The summed E-state index contributed by atoms with van der Waals surface area (Å²) in [5.41, 5.74) is 17.8. The van der Waals surface area contributed by atoms with Crippen molar-refractivity contribution in [2.75, 3.05) is 4.90 Å². The Labute approximate surface area is 355 Å². The Bertz CT molecular complexity index is 3260. The second-order valence-corrected chi connectivity index (χ2v) is 15.2. The topological polar surface area (TPSA) is 25.5 Å². The third kappa shape index (κ3) is 6.57. The number of fused-ring (bicyclic) bond motifs is 2. The average Bonchev–Trinajstić information content (AvgIpc) is 3.90. The van der Waals surface area contributed by atoms with Crippen molar-refractivity contribution in [1.82, 2.24) is 14.0 Å². The lowest BCUT2D eigenvalue weighted by Gasteiger charge is -2.26. The van der Waals surface area contributed by atoms with E-state index in [-0.39, 0.29) is 0 Å². The van der Waals surface area contributed by atoms with E-state index in [1.54, 1.807) is 0 Å². The van der Waals surface area contributed by atoms with E-state index >= 15 is 0 Å². The van der Waals surface area contributed by atoms with E-state index in [0.29, 0.717) is 0 Å². The van der Waals surface area contributed by atoms with Crippen LogP contribution in [0.2, 0.25) is 0 Å². The van der Waals surface area contributed by atoms with Crippen molar-refractivity contribution >= 4 is 33.6 Å². The van der Waals surface area contributed by atoms with E-state index in [1.807, 2.05) is 12.1 Å². The molecule has 11 rings (SSSR count). The fourth-order valence-electron chi connectivity index (χ4n) is 8.77. The Morgan fingerprint density at radius 2 is 0.902 bits per heavy atom. The van der Waals surface area contributed by atoms with Crippen molar-refractivity contribution in [3.63, 3.8) is 0 Å².